The Bertz CT molecular complexity index is 1180. The molecule has 0 saturated heterocycles. The molecule has 1 nitrogen and oxygen atoms in total. The highest BCUT2D eigenvalue weighted by Crippen LogP contribution is 2.25. The van der Waals surface area contributed by atoms with Crippen LogP contribution in [0.1, 0.15) is 65.1 Å². The van der Waals surface area contributed by atoms with E-state index >= 15 is 0 Å². The molecule has 1 heterocycles. The normalized spacial score (nSPS) is 11.9. The van der Waals surface area contributed by atoms with Crippen molar-refractivity contribution in [2.75, 3.05) is 6.61 Å². The van der Waals surface area contributed by atoms with Crippen molar-refractivity contribution in [3.63, 3.8) is 0 Å². The van der Waals surface area contributed by atoms with Crippen molar-refractivity contribution in [3.05, 3.63) is 99.6 Å². The van der Waals surface area contributed by atoms with Gasteiger partial charge < -0.3 is 4.74 Å². The van der Waals surface area contributed by atoms with Gasteiger partial charge in [-0.2, -0.15) is 0 Å². The van der Waals surface area contributed by atoms with Crippen molar-refractivity contribution >= 4 is 0 Å². The Morgan fingerprint density at radius 1 is 0.774 bits per heavy atom. The third-order valence-corrected chi connectivity index (χ3v) is 5.64. The van der Waals surface area contributed by atoms with Crippen LogP contribution in [-0.4, -0.2) is 6.61 Å². The molecule has 0 aromatic heterocycles. The summed E-state index contributed by atoms with van der Waals surface area (Å²) in [4.78, 5) is 0. The van der Waals surface area contributed by atoms with Crippen LogP contribution in [0, 0.1) is 30.6 Å². The first-order valence-corrected chi connectivity index (χ1v) is 11.2. The quantitative estimate of drug-likeness (QED) is 0.455. The van der Waals surface area contributed by atoms with Gasteiger partial charge in [-0.05, 0) is 97.8 Å². The molecule has 0 saturated carbocycles. The van der Waals surface area contributed by atoms with Crippen molar-refractivity contribution in [1.82, 2.24) is 0 Å². The van der Waals surface area contributed by atoms with Gasteiger partial charge in [0.15, 0.2) is 0 Å². The number of ether oxygens (including phenoxy) is 1. The second-order valence-corrected chi connectivity index (χ2v) is 8.10. The highest BCUT2D eigenvalue weighted by molar-refractivity contribution is 5.50. The van der Waals surface area contributed by atoms with Gasteiger partial charge in [0.1, 0.15) is 5.75 Å². The molecule has 0 bridgehead atoms. The summed E-state index contributed by atoms with van der Waals surface area (Å²) >= 11 is 0. The number of hydrogen-bond acceptors (Lipinski definition) is 1. The molecule has 0 atom stereocenters. The third kappa shape index (κ3) is 5.59. The summed E-state index contributed by atoms with van der Waals surface area (Å²) < 4.78 is 5.74. The number of rotatable bonds is 3. The highest BCUT2D eigenvalue weighted by atomic mass is 16.5. The summed E-state index contributed by atoms with van der Waals surface area (Å²) in [6, 6.07) is 21.0. The van der Waals surface area contributed by atoms with E-state index in [2.05, 4.69) is 73.9 Å². The van der Waals surface area contributed by atoms with Gasteiger partial charge in [0.05, 0.1) is 6.61 Å². The second kappa shape index (κ2) is 10.1. The largest absolute Gasteiger partial charge is 0.493 e. The fourth-order valence-electron chi connectivity index (χ4n) is 3.76. The van der Waals surface area contributed by atoms with E-state index in [1.54, 1.807) is 0 Å². The predicted octanol–water partition coefficient (Wildman–Crippen LogP) is 6.46. The van der Waals surface area contributed by atoms with Gasteiger partial charge in [-0.25, -0.2) is 0 Å². The first kappa shape index (κ1) is 20.8. The summed E-state index contributed by atoms with van der Waals surface area (Å²) in [6.07, 6.45) is 5.80. The Balaban J connectivity index is 1.43. The number of unbranched alkanes of at least 4 members (excludes halogenated alkanes) is 1. The van der Waals surface area contributed by atoms with E-state index in [1.807, 2.05) is 24.3 Å². The third-order valence-electron chi connectivity index (χ3n) is 5.64. The first-order chi connectivity index (χ1) is 15.2. The number of aryl methyl sites for hydroxylation is 3. The molecule has 0 amide bonds. The average Bonchev–Trinajstić information content (AvgIpc) is 2.81. The Morgan fingerprint density at radius 2 is 1.39 bits per heavy atom. The SMILES string of the molecule is CCCCc1ccc(C#Cc2ccc(C#Cc3ccc4c(c3)OCCC4)cc2)cc1C. The summed E-state index contributed by atoms with van der Waals surface area (Å²) in [5, 5.41) is 0. The number of hydrogen-bond donors (Lipinski definition) is 0. The van der Waals surface area contributed by atoms with Gasteiger partial charge in [-0.3, -0.25) is 0 Å². The maximum atomic E-state index is 5.74. The van der Waals surface area contributed by atoms with Gasteiger partial charge in [-0.1, -0.05) is 49.2 Å². The monoisotopic (exact) mass is 404 g/mol. The van der Waals surface area contributed by atoms with Crippen molar-refractivity contribution in [2.24, 2.45) is 0 Å². The van der Waals surface area contributed by atoms with Gasteiger partial charge >= 0.3 is 0 Å². The van der Waals surface area contributed by atoms with Crippen LogP contribution in [0.15, 0.2) is 60.7 Å². The Kier molecular flexibility index (Phi) is 6.76. The zero-order valence-corrected chi connectivity index (χ0v) is 18.4. The molecule has 31 heavy (non-hydrogen) atoms. The van der Waals surface area contributed by atoms with Crippen LogP contribution in [0.25, 0.3) is 0 Å². The topological polar surface area (TPSA) is 9.23 Å². The molecule has 1 aliphatic rings. The van der Waals surface area contributed by atoms with Crippen LogP contribution in [0.2, 0.25) is 0 Å². The molecule has 0 aliphatic carbocycles. The van der Waals surface area contributed by atoms with Crippen LogP contribution >= 0.6 is 0 Å². The molecule has 1 aliphatic heterocycles. The van der Waals surface area contributed by atoms with Crippen LogP contribution in [0.3, 0.4) is 0 Å². The number of fused-ring (bicyclic) bond motifs is 1. The maximum absolute atomic E-state index is 5.74. The van der Waals surface area contributed by atoms with E-state index in [0.29, 0.717) is 0 Å². The van der Waals surface area contributed by atoms with E-state index in [-0.39, 0.29) is 0 Å². The lowest BCUT2D eigenvalue weighted by molar-refractivity contribution is 0.288. The molecule has 4 rings (SSSR count). The molecule has 0 fully saturated rings. The molecule has 1 heteroatoms. The molecule has 154 valence electrons. The fraction of sp³-hybridized carbons (Fsp3) is 0.267. The molecule has 0 radical (unpaired) electrons. The molecule has 3 aromatic rings. The van der Waals surface area contributed by atoms with E-state index in [1.165, 1.54) is 29.5 Å². The zero-order valence-electron chi connectivity index (χ0n) is 18.4. The predicted molar refractivity (Wildman–Crippen MR) is 128 cm³/mol. The molecular weight excluding hydrogens is 376 g/mol. The smallest absolute Gasteiger partial charge is 0.123 e. The van der Waals surface area contributed by atoms with Crippen LogP contribution in [0.5, 0.6) is 5.75 Å². The van der Waals surface area contributed by atoms with Gasteiger partial charge in [0, 0.05) is 22.3 Å². The number of benzene rings is 3. The standard InChI is InChI=1S/C30H28O/c1-3-4-6-28-18-16-26(21-23(28)2)14-12-24-8-10-25(11-9-24)13-15-27-17-19-29-7-5-20-31-30(29)22-27/h8-11,16-19,21-22H,3-7,20H2,1-2H3. The molecule has 0 spiro atoms. The zero-order chi connectivity index (χ0) is 21.5. The van der Waals surface area contributed by atoms with E-state index in [9.17, 15) is 0 Å². The van der Waals surface area contributed by atoms with Crippen molar-refractivity contribution in [3.8, 4) is 29.4 Å². The maximum Gasteiger partial charge on any atom is 0.123 e. The van der Waals surface area contributed by atoms with Crippen LogP contribution in [0.4, 0.5) is 0 Å². The Morgan fingerprint density at radius 3 is 2.06 bits per heavy atom. The van der Waals surface area contributed by atoms with E-state index in [4.69, 9.17) is 4.74 Å². The van der Waals surface area contributed by atoms with Crippen molar-refractivity contribution < 1.29 is 4.74 Å². The highest BCUT2D eigenvalue weighted by Gasteiger charge is 2.09. The van der Waals surface area contributed by atoms with Crippen LogP contribution < -0.4 is 4.74 Å². The molecule has 0 N–H and O–H groups in total. The van der Waals surface area contributed by atoms with Crippen molar-refractivity contribution in [1.29, 1.82) is 0 Å². The summed E-state index contributed by atoms with van der Waals surface area (Å²) in [6.45, 7) is 5.21. The molecular formula is C30H28O. The van der Waals surface area contributed by atoms with Gasteiger partial charge in [0.25, 0.3) is 0 Å². The minimum absolute atomic E-state index is 0.801. The van der Waals surface area contributed by atoms with Crippen molar-refractivity contribution in [2.45, 2.75) is 46.0 Å². The Labute approximate surface area is 186 Å². The van der Waals surface area contributed by atoms with Crippen LogP contribution in [-0.2, 0) is 12.8 Å². The lowest BCUT2D eigenvalue weighted by Crippen LogP contribution is -2.08. The molecule has 3 aromatic carbocycles. The summed E-state index contributed by atoms with van der Waals surface area (Å²) in [5.74, 6) is 14.0. The average molecular weight is 405 g/mol. The molecule has 0 unspecified atom stereocenters. The summed E-state index contributed by atoms with van der Waals surface area (Å²) in [5.41, 5.74) is 8.09. The van der Waals surface area contributed by atoms with E-state index < -0.39 is 0 Å². The lowest BCUT2D eigenvalue weighted by Gasteiger charge is -2.16. The Hall–Kier alpha value is -3.42. The second-order valence-electron chi connectivity index (χ2n) is 8.10. The minimum atomic E-state index is 0.801. The van der Waals surface area contributed by atoms with Gasteiger partial charge in [0.2, 0.25) is 0 Å². The van der Waals surface area contributed by atoms with Gasteiger partial charge in [-0.15, -0.1) is 0 Å². The summed E-state index contributed by atoms with van der Waals surface area (Å²) in [7, 11) is 0. The first-order valence-electron chi connectivity index (χ1n) is 11.2. The van der Waals surface area contributed by atoms with E-state index in [0.717, 1.165) is 53.9 Å². The minimum Gasteiger partial charge on any atom is -0.493 e. The lowest BCUT2D eigenvalue weighted by atomic mass is 10.0. The fourth-order valence-corrected chi connectivity index (χ4v) is 3.76.